The molecule has 0 aromatic carbocycles. The second-order valence-corrected chi connectivity index (χ2v) is 4.98. The summed E-state index contributed by atoms with van der Waals surface area (Å²) < 4.78 is 1.02. The van der Waals surface area contributed by atoms with Gasteiger partial charge < -0.3 is 0 Å². The van der Waals surface area contributed by atoms with E-state index >= 15 is 0 Å². The van der Waals surface area contributed by atoms with Gasteiger partial charge in [-0.05, 0) is 34.7 Å². The Kier molecular flexibility index (Phi) is 1.78. The first kappa shape index (κ1) is 6.80. The molecule has 0 saturated heterocycles. The summed E-state index contributed by atoms with van der Waals surface area (Å²) in [5.41, 5.74) is 0. The fraction of sp³-hybridized carbons (Fsp3) is 0.571. The molecule has 1 nitrogen and oxygen atoms in total. The van der Waals surface area contributed by atoms with E-state index in [-0.39, 0.29) is 0 Å². The van der Waals surface area contributed by atoms with Crippen LogP contribution in [0.15, 0.2) is 10.1 Å². The maximum atomic E-state index is 4.15. The zero-order valence-electron chi connectivity index (χ0n) is 5.51. The van der Waals surface area contributed by atoms with Crippen molar-refractivity contribution in [3.05, 3.63) is 15.0 Å². The molecule has 1 aromatic rings. The third-order valence-electron chi connectivity index (χ3n) is 2.00. The summed E-state index contributed by atoms with van der Waals surface area (Å²) in [5, 5.41) is 0. The van der Waals surface area contributed by atoms with Crippen LogP contribution < -0.4 is 0 Å². The van der Waals surface area contributed by atoms with E-state index < -0.39 is 0 Å². The minimum absolute atomic E-state index is 0.837. The minimum Gasteiger partial charge on any atom is -0.237 e. The van der Waals surface area contributed by atoms with E-state index in [1.807, 2.05) is 6.20 Å². The molecular weight excluding hydrogens is 210 g/mol. The molecule has 3 heteroatoms. The molecule has 1 heterocycles. The Morgan fingerprint density at radius 3 is 2.80 bits per heavy atom. The van der Waals surface area contributed by atoms with Gasteiger partial charge in [0.15, 0.2) is 3.92 Å². The number of hydrogen-bond acceptors (Lipinski definition) is 2. The Morgan fingerprint density at radius 1 is 1.60 bits per heavy atom. The highest BCUT2D eigenvalue weighted by Crippen LogP contribution is 2.39. The summed E-state index contributed by atoms with van der Waals surface area (Å²) in [6, 6.07) is 0. The van der Waals surface area contributed by atoms with E-state index in [0.29, 0.717) is 0 Å². The second kappa shape index (κ2) is 2.62. The zero-order chi connectivity index (χ0) is 6.97. The number of halogens is 1. The minimum atomic E-state index is 0.837. The van der Waals surface area contributed by atoms with Crippen molar-refractivity contribution in [3.63, 3.8) is 0 Å². The molecule has 54 valence electrons. The van der Waals surface area contributed by atoms with Gasteiger partial charge in [0, 0.05) is 11.1 Å². The van der Waals surface area contributed by atoms with Gasteiger partial charge in [-0.25, -0.2) is 4.98 Å². The lowest BCUT2D eigenvalue weighted by molar-refractivity contribution is 0.425. The van der Waals surface area contributed by atoms with Crippen LogP contribution in [0, 0.1) is 0 Å². The number of thiazole rings is 1. The third kappa shape index (κ3) is 1.12. The second-order valence-electron chi connectivity index (χ2n) is 2.64. The average molecular weight is 218 g/mol. The van der Waals surface area contributed by atoms with Gasteiger partial charge in [-0.1, -0.05) is 6.42 Å². The van der Waals surface area contributed by atoms with Crippen LogP contribution in [0.3, 0.4) is 0 Å². The molecular formula is C7H8BrNS. The molecule has 0 N–H and O–H groups in total. The summed E-state index contributed by atoms with van der Waals surface area (Å²) in [4.78, 5) is 5.61. The van der Waals surface area contributed by atoms with E-state index in [2.05, 4.69) is 20.9 Å². The third-order valence-corrected chi connectivity index (χ3v) is 3.64. The van der Waals surface area contributed by atoms with Crippen molar-refractivity contribution in [1.82, 2.24) is 4.98 Å². The molecule has 0 atom stereocenters. The molecule has 0 radical (unpaired) electrons. The highest BCUT2D eigenvalue weighted by atomic mass is 79.9. The lowest BCUT2D eigenvalue weighted by atomic mass is 9.85. The molecule has 0 unspecified atom stereocenters. The topological polar surface area (TPSA) is 12.9 Å². The summed E-state index contributed by atoms with van der Waals surface area (Å²) in [5.74, 6) is 0.837. The SMILES string of the molecule is Brc1ncc(C2CCC2)s1. The summed E-state index contributed by atoms with van der Waals surface area (Å²) in [6.07, 6.45) is 6.14. The maximum Gasteiger partial charge on any atom is 0.159 e. The van der Waals surface area contributed by atoms with Gasteiger partial charge in [0.1, 0.15) is 0 Å². The van der Waals surface area contributed by atoms with Crippen molar-refractivity contribution < 1.29 is 0 Å². The van der Waals surface area contributed by atoms with Gasteiger partial charge in [0.25, 0.3) is 0 Å². The van der Waals surface area contributed by atoms with Crippen molar-refractivity contribution in [3.8, 4) is 0 Å². The zero-order valence-corrected chi connectivity index (χ0v) is 7.91. The number of nitrogens with zero attached hydrogens (tertiary/aromatic N) is 1. The Hall–Kier alpha value is 0.110. The Bertz CT molecular complexity index is 229. The van der Waals surface area contributed by atoms with Crippen molar-refractivity contribution >= 4 is 27.3 Å². The van der Waals surface area contributed by atoms with E-state index in [9.17, 15) is 0 Å². The van der Waals surface area contributed by atoms with Gasteiger partial charge in [-0.2, -0.15) is 0 Å². The van der Waals surface area contributed by atoms with Crippen LogP contribution in [0.25, 0.3) is 0 Å². The van der Waals surface area contributed by atoms with E-state index in [1.165, 1.54) is 24.1 Å². The van der Waals surface area contributed by atoms with Crippen molar-refractivity contribution in [2.75, 3.05) is 0 Å². The predicted molar refractivity (Wildman–Crippen MR) is 46.4 cm³/mol. The normalized spacial score (nSPS) is 18.9. The Morgan fingerprint density at radius 2 is 2.40 bits per heavy atom. The molecule has 1 aromatic heterocycles. The fourth-order valence-corrected chi connectivity index (χ4v) is 2.62. The highest BCUT2D eigenvalue weighted by molar-refractivity contribution is 9.11. The molecule has 2 rings (SSSR count). The molecule has 10 heavy (non-hydrogen) atoms. The first-order valence-electron chi connectivity index (χ1n) is 3.47. The van der Waals surface area contributed by atoms with Gasteiger partial charge in [0.2, 0.25) is 0 Å². The lowest BCUT2D eigenvalue weighted by Crippen LogP contribution is -2.06. The van der Waals surface area contributed by atoms with Gasteiger partial charge in [-0.15, -0.1) is 11.3 Å². The Labute approximate surface area is 72.6 Å². The fourth-order valence-electron chi connectivity index (χ4n) is 1.15. The molecule has 0 amide bonds. The lowest BCUT2D eigenvalue weighted by Gasteiger charge is -2.23. The molecule has 0 bridgehead atoms. The van der Waals surface area contributed by atoms with Crippen molar-refractivity contribution in [2.45, 2.75) is 25.2 Å². The molecule has 1 saturated carbocycles. The smallest absolute Gasteiger partial charge is 0.159 e. The van der Waals surface area contributed by atoms with Crippen LogP contribution in [-0.4, -0.2) is 4.98 Å². The van der Waals surface area contributed by atoms with E-state index in [1.54, 1.807) is 11.3 Å². The summed E-state index contributed by atoms with van der Waals surface area (Å²) >= 11 is 5.14. The van der Waals surface area contributed by atoms with Crippen LogP contribution in [0.4, 0.5) is 0 Å². The van der Waals surface area contributed by atoms with E-state index in [0.717, 1.165) is 9.83 Å². The largest absolute Gasteiger partial charge is 0.237 e. The molecule has 0 aliphatic heterocycles. The van der Waals surface area contributed by atoms with Gasteiger partial charge in [0.05, 0.1) is 0 Å². The van der Waals surface area contributed by atoms with Crippen LogP contribution >= 0.6 is 27.3 Å². The average Bonchev–Trinajstić information content (AvgIpc) is 2.10. The van der Waals surface area contributed by atoms with Crippen LogP contribution in [0.5, 0.6) is 0 Å². The quantitative estimate of drug-likeness (QED) is 0.705. The monoisotopic (exact) mass is 217 g/mol. The molecule has 1 fully saturated rings. The number of rotatable bonds is 1. The van der Waals surface area contributed by atoms with Crippen LogP contribution in [0.1, 0.15) is 30.1 Å². The standard InChI is InChI=1S/C7H8BrNS/c8-7-9-4-6(10-7)5-2-1-3-5/h4-5H,1-3H2. The van der Waals surface area contributed by atoms with Crippen LogP contribution in [0.2, 0.25) is 0 Å². The number of hydrogen-bond donors (Lipinski definition) is 0. The predicted octanol–water partition coefficient (Wildman–Crippen LogP) is 3.17. The first-order chi connectivity index (χ1) is 4.86. The molecule has 1 aliphatic carbocycles. The highest BCUT2D eigenvalue weighted by Gasteiger charge is 2.21. The summed E-state index contributed by atoms with van der Waals surface area (Å²) in [7, 11) is 0. The van der Waals surface area contributed by atoms with Gasteiger partial charge >= 0.3 is 0 Å². The van der Waals surface area contributed by atoms with E-state index in [4.69, 9.17) is 0 Å². The first-order valence-corrected chi connectivity index (χ1v) is 5.08. The Balaban J connectivity index is 2.17. The molecule has 0 spiro atoms. The van der Waals surface area contributed by atoms with Gasteiger partial charge in [-0.3, -0.25) is 0 Å². The van der Waals surface area contributed by atoms with Crippen molar-refractivity contribution in [2.24, 2.45) is 0 Å². The van der Waals surface area contributed by atoms with Crippen LogP contribution in [-0.2, 0) is 0 Å². The number of aromatic nitrogens is 1. The maximum absolute atomic E-state index is 4.15. The molecule has 1 aliphatic rings. The summed E-state index contributed by atoms with van der Waals surface area (Å²) in [6.45, 7) is 0. The van der Waals surface area contributed by atoms with Crippen molar-refractivity contribution in [1.29, 1.82) is 0 Å².